The highest BCUT2D eigenvalue weighted by Crippen LogP contribution is 2.24. The van der Waals surface area contributed by atoms with Crippen LogP contribution in [0.5, 0.6) is 5.75 Å². The van der Waals surface area contributed by atoms with Gasteiger partial charge in [-0.05, 0) is 24.3 Å². The van der Waals surface area contributed by atoms with Crippen molar-refractivity contribution in [1.29, 1.82) is 0 Å². The van der Waals surface area contributed by atoms with E-state index in [1.54, 1.807) is 41.3 Å². The van der Waals surface area contributed by atoms with Crippen LogP contribution >= 0.6 is 0 Å². The second kappa shape index (κ2) is 8.75. The van der Waals surface area contributed by atoms with Crippen molar-refractivity contribution in [2.45, 2.75) is 6.04 Å². The van der Waals surface area contributed by atoms with Crippen molar-refractivity contribution in [3.63, 3.8) is 0 Å². The average molecular weight is 407 g/mol. The summed E-state index contributed by atoms with van der Waals surface area (Å²) < 4.78 is 11.0. The van der Waals surface area contributed by atoms with E-state index in [0.717, 1.165) is 0 Å². The van der Waals surface area contributed by atoms with Crippen molar-refractivity contribution in [1.82, 2.24) is 20.4 Å². The Morgan fingerprint density at radius 1 is 1.17 bits per heavy atom. The first-order chi connectivity index (χ1) is 14.6. The highest BCUT2D eigenvalue weighted by atomic mass is 16.5. The van der Waals surface area contributed by atoms with Gasteiger partial charge in [0, 0.05) is 30.8 Å². The molecule has 4 rings (SSSR count). The van der Waals surface area contributed by atoms with Gasteiger partial charge in [-0.2, -0.15) is 4.98 Å². The molecule has 9 nitrogen and oxygen atoms in total. The van der Waals surface area contributed by atoms with Gasteiger partial charge in [0.1, 0.15) is 11.8 Å². The van der Waals surface area contributed by atoms with Gasteiger partial charge < -0.3 is 25.2 Å². The predicted molar refractivity (Wildman–Crippen MR) is 108 cm³/mol. The SMILES string of the molecule is NC(=O)c1ccc(-c2noc(C3CNCCN3C(=O)COc3ccccc3)n2)cc1. The molecule has 0 saturated carbocycles. The summed E-state index contributed by atoms with van der Waals surface area (Å²) in [4.78, 5) is 30.1. The quantitative estimate of drug-likeness (QED) is 0.633. The van der Waals surface area contributed by atoms with Gasteiger partial charge in [-0.15, -0.1) is 0 Å². The topological polar surface area (TPSA) is 124 Å². The molecule has 1 aromatic heterocycles. The van der Waals surface area contributed by atoms with Crippen LogP contribution in [0.25, 0.3) is 11.4 Å². The van der Waals surface area contributed by atoms with Crippen LogP contribution in [0.1, 0.15) is 22.3 Å². The Balaban J connectivity index is 1.47. The van der Waals surface area contributed by atoms with Crippen LogP contribution in [0.15, 0.2) is 59.1 Å². The third-order valence-electron chi connectivity index (χ3n) is 4.82. The summed E-state index contributed by atoms with van der Waals surface area (Å²) in [7, 11) is 0. The molecule has 0 radical (unpaired) electrons. The lowest BCUT2D eigenvalue weighted by atomic mass is 10.1. The maximum absolute atomic E-state index is 12.8. The van der Waals surface area contributed by atoms with Crippen molar-refractivity contribution < 1.29 is 18.8 Å². The minimum Gasteiger partial charge on any atom is -0.484 e. The third kappa shape index (κ3) is 4.31. The van der Waals surface area contributed by atoms with Crippen LogP contribution in [0, 0.1) is 0 Å². The Bertz CT molecular complexity index is 1020. The van der Waals surface area contributed by atoms with Gasteiger partial charge in [-0.3, -0.25) is 9.59 Å². The number of nitrogens with zero attached hydrogens (tertiary/aromatic N) is 3. The summed E-state index contributed by atoms with van der Waals surface area (Å²) in [6.07, 6.45) is 0. The second-order valence-corrected chi connectivity index (χ2v) is 6.81. The van der Waals surface area contributed by atoms with E-state index in [9.17, 15) is 9.59 Å². The average Bonchev–Trinajstić information content (AvgIpc) is 3.28. The number of hydrogen-bond acceptors (Lipinski definition) is 7. The van der Waals surface area contributed by atoms with Crippen LogP contribution in [0.3, 0.4) is 0 Å². The van der Waals surface area contributed by atoms with Crippen molar-refractivity contribution in [3.8, 4) is 17.1 Å². The molecule has 154 valence electrons. The second-order valence-electron chi connectivity index (χ2n) is 6.81. The summed E-state index contributed by atoms with van der Waals surface area (Å²) in [5, 5.41) is 7.27. The van der Waals surface area contributed by atoms with Gasteiger partial charge in [0.25, 0.3) is 11.8 Å². The number of carbonyl (C=O) groups is 2. The fraction of sp³-hybridized carbons (Fsp3) is 0.238. The molecule has 2 amide bonds. The molecule has 0 bridgehead atoms. The summed E-state index contributed by atoms with van der Waals surface area (Å²) >= 11 is 0. The highest BCUT2D eigenvalue weighted by Gasteiger charge is 2.32. The molecule has 1 fully saturated rings. The van der Waals surface area contributed by atoms with E-state index in [-0.39, 0.29) is 12.5 Å². The minimum absolute atomic E-state index is 0.0733. The van der Waals surface area contributed by atoms with Gasteiger partial charge >= 0.3 is 0 Å². The van der Waals surface area contributed by atoms with Crippen molar-refractivity contribution in [2.75, 3.05) is 26.2 Å². The van der Waals surface area contributed by atoms with Crippen molar-refractivity contribution in [3.05, 3.63) is 66.1 Å². The maximum atomic E-state index is 12.8. The highest BCUT2D eigenvalue weighted by molar-refractivity contribution is 5.93. The fourth-order valence-electron chi connectivity index (χ4n) is 3.24. The molecule has 0 spiro atoms. The Labute approximate surface area is 172 Å². The van der Waals surface area contributed by atoms with E-state index in [2.05, 4.69) is 15.5 Å². The van der Waals surface area contributed by atoms with Gasteiger partial charge in [0.05, 0.1) is 0 Å². The number of nitrogens with two attached hydrogens (primary N) is 1. The number of carbonyl (C=O) groups excluding carboxylic acids is 2. The molecule has 2 heterocycles. The Kier molecular flexibility index (Phi) is 5.71. The maximum Gasteiger partial charge on any atom is 0.261 e. The number of piperazine rings is 1. The van der Waals surface area contributed by atoms with E-state index in [0.29, 0.717) is 48.2 Å². The molecular formula is C21H21N5O4. The van der Waals surface area contributed by atoms with Crippen LogP contribution in [-0.4, -0.2) is 53.1 Å². The number of primary amides is 1. The standard InChI is InChI=1S/C21H21N5O4/c22-19(28)14-6-8-15(9-7-14)20-24-21(30-25-20)17-12-23-10-11-26(17)18(27)13-29-16-4-2-1-3-5-16/h1-9,17,23H,10-13H2,(H2,22,28). The van der Waals surface area contributed by atoms with Crippen LogP contribution in [0.4, 0.5) is 0 Å². The Hall–Kier alpha value is -3.72. The molecule has 2 aromatic carbocycles. The lowest BCUT2D eigenvalue weighted by Gasteiger charge is -2.33. The Morgan fingerprint density at radius 3 is 2.67 bits per heavy atom. The Morgan fingerprint density at radius 2 is 1.93 bits per heavy atom. The summed E-state index contributed by atoms with van der Waals surface area (Å²) in [6, 6.07) is 15.4. The van der Waals surface area contributed by atoms with E-state index in [1.807, 2.05) is 18.2 Å². The summed E-state index contributed by atoms with van der Waals surface area (Å²) in [6.45, 7) is 1.60. The number of benzene rings is 2. The molecule has 1 saturated heterocycles. The van der Waals surface area contributed by atoms with Crippen molar-refractivity contribution in [2.24, 2.45) is 5.73 Å². The predicted octanol–water partition coefficient (Wildman–Crippen LogP) is 1.39. The van der Waals surface area contributed by atoms with Gasteiger partial charge in [-0.25, -0.2) is 0 Å². The smallest absolute Gasteiger partial charge is 0.261 e. The van der Waals surface area contributed by atoms with E-state index in [1.165, 1.54) is 0 Å². The zero-order chi connectivity index (χ0) is 20.9. The molecule has 1 aliphatic rings. The fourth-order valence-corrected chi connectivity index (χ4v) is 3.24. The van der Waals surface area contributed by atoms with E-state index in [4.69, 9.17) is 15.0 Å². The lowest BCUT2D eigenvalue weighted by molar-refractivity contribution is -0.137. The van der Waals surface area contributed by atoms with Crippen LogP contribution < -0.4 is 15.8 Å². The minimum atomic E-state index is -0.504. The lowest BCUT2D eigenvalue weighted by Crippen LogP contribution is -2.50. The molecule has 1 aliphatic heterocycles. The van der Waals surface area contributed by atoms with Gasteiger partial charge in [0.15, 0.2) is 6.61 Å². The van der Waals surface area contributed by atoms with Gasteiger partial charge in [-0.1, -0.05) is 35.5 Å². The molecule has 0 aliphatic carbocycles. The summed E-state index contributed by atoms with van der Waals surface area (Å²) in [5.74, 6) is 0.687. The molecule has 30 heavy (non-hydrogen) atoms. The number of rotatable bonds is 6. The number of amides is 2. The largest absolute Gasteiger partial charge is 0.484 e. The number of ether oxygens (including phenoxy) is 1. The molecule has 1 unspecified atom stereocenters. The molecule has 1 atom stereocenters. The van der Waals surface area contributed by atoms with E-state index >= 15 is 0 Å². The zero-order valence-electron chi connectivity index (χ0n) is 16.2. The zero-order valence-corrected chi connectivity index (χ0v) is 16.2. The third-order valence-corrected chi connectivity index (χ3v) is 4.82. The number of hydrogen-bond donors (Lipinski definition) is 2. The van der Waals surface area contributed by atoms with E-state index < -0.39 is 11.9 Å². The summed E-state index contributed by atoms with van der Waals surface area (Å²) in [5.41, 5.74) is 6.35. The molecule has 3 N–H and O–H groups in total. The van der Waals surface area contributed by atoms with Crippen LogP contribution in [0.2, 0.25) is 0 Å². The molecular weight excluding hydrogens is 386 g/mol. The molecule has 3 aromatic rings. The van der Waals surface area contributed by atoms with Crippen LogP contribution in [-0.2, 0) is 4.79 Å². The number of aromatic nitrogens is 2. The number of para-hydroxylation sites is 1. The van der Waals surface area contributed by atoms with Gasteiger partial charge in [0.2, 0.25) is 11.7 Å². The first kappa shape index (κ1) is 19.6. The monoisotopic (exact) mass is 407 g/mol. The first-order valence-corrected chi connectivity index (χ1v) is 9.53. The first-order valence-electron chi connectivity index (χ1n) is 9.53. The number of nitrogens with one attached hydrogen (secondary N) is 1. The molecule has 9 heteroatoms. The van der Waals surface area contributed by atoms with Crippen molar-refractivity contribution >= 4 is 11.8 Å². The normalized spacial score (nSPS) is 16.3.